The Morgan fingerprint density at radius 3 is 2.74 bits per heavy atom. The van der Waals surface area contributed by atoms with E-state index in [0.717, 1.165) is 38.0 Å². The number of ketones is 1. The van der Waals surface area contributed by atoms with Crippen LogP contribution in [-0.2, 0) is 0 Å². The minimum atomic E-state index is -0.114. The summed E-state index contributed by atoms with van der Waals surface area (Å²) in [6, 6.07) is 11.1. The van der Waals surface area contributed by atoms with Gasteiger partial charge in [0.2, 0.25) is 0 Å². The van der Waals surface area contributed by atoms with E-state index in [9.17, 15) is 9.59 Å². The van der Waals surface area contributed by atoms with Crippen molar-refractivity contribution in [1.29, 1.82) is 0 Å². The number of hydrazine groups is 1. The third-order valence-corrected chi connectivity index (χ3v) is 4.76. The molecule has 1 aromatic heterocycles. The first-order valence-electron chi connectivity index (χ1n) is 9.35. The lowest BCUT2D eigenvalue weighted by Gasteiger charge is -2.25. The Labute approximate surface area is 159 Å². The summed E-state index contributed by atoms with van der Waals surface area (Å²) in [7, 11) is 0. The lowest BCUT2D eigenvalue weighted by atomic mass is 10.1. The smallest absolute Gasteiger partial charge is 0.267 e. The molecule has 6 nitrogen and oxygen atoms in total. The molecule has 0 radical (unpaired) electrons. The molecule has 1 aliphatic heterocycles. The van der Waals surface area contributed by atoms with E-state index in [1.165, 1.54) is 0 Å². The third-order valence-electron chi connectivity index (χ3n) is 4.76. The van der Waals surface area contributed by atoms with Gasteiger partial charge in [-0.05, 0) is 69.0 Å². The average Bonchev–Trinajstić information content (AvgIpc) is 3.13. The highest BCUT2D eigenvalue weighted by atomic mass is 16.5. The molecule has 0 spiro atoms. The highest BCUT2D eigenvalue weighted by Crippen LogP contribution is 2.20. The fourth-order valence-corrected chi connectivity index (χ4v) is 3.27. The Morgan fingerprint density at radius 2 is 2.04 bits per heavy atom. The summed E-state index contributed by atoms with van der Waals surface area (Å²) in [5.74, 6) is 0.709. The van der Waals surface area contributed by atoms with Gasteiger partial charge in [0.05, 0.1) is 12.2 Å². The summed E-state index contributed by atoms with van der Waals surface area (Å²) in [6.07, 6.45) is 7.23. The number of carbonyl (C=O) groups is 2. The van der Waals surface area contributed by atoms with Gasteiger partial charge in [0.1, 0.15) is 5.75 Å². The van der Waals surface area contributed by atoms with E-state index >= 15 is 0 Å². The largest absolute Gasteiger partial charge is 0.494 e. The van der Waals surface area contributed by atoms with E-state index in [-0.39, 0.29) is 11.7 Å². The molecule has 1 aliphatic rings. The molecule has 1 amide bonds. The maximum absolute atomic E-state index is 12.3. The maximum Gasteiger partial charge on any atom is 0.267 e. The van der Waals surface area contributed by atoms with Gasteiger partial charge in [0, 0.05) is 30.5 Å². The van der Waals surface area contributed by atoms with Crippen LogP contribution >= 0.6 is 0 Å². The highest BCUT2D eigenvalue weighted by molar-refractivity contribution is 5.94. The van der Waals surface area contributed by atoms with Crippen LogP contribution in [0.25, 0.3) is 0 Å². The van der Waals surface area contributed by atoms with Crippen molar-refractivity contribution in [3.05, 3.63) is 59.9 Å². The molecule has 1 saturated heterocycles. The van der Waals surface area contributed by atoms with Crippen LogP contribution in [0, 0.1) is 0 Å². The number of hydrogen-bond donors (Lipinski definition) is 1. The van der Waals surface area contributed by atoms with Crippen molar-refractivity contribution in [2.45, 2.75) is 38.6 Å². The average molecular weight is 367 g/mol. The molecule has 3 rings (SSSR count). The van der Waals surface area contributed by atoms with Gasteiger partial charge >= 0.3 is 0 Å². The van der Waals surface area contributed by atoms with Gasteiger partial charge in [-0.3, -0.25) is 20.0 Å². The number of nitrogens with one attached hydrogen (secondary N) is 1. The lowest BCUT2D eigenvalue weighted by Crippen LogP contribution is -2.45. The molecule has 142 valence electrons. The summed E-state index contributed by atoms with van der Waals surface area (Å²) >= 11 is 0. The van der Waals surface area contributed by atoms with Crippen LogP contribution in [0.5, 0.6) is 5.75 Å². The van der Waals surface area contributed by atoms with Gasteiger partial charge in [-0.15, -0.1) is 0 Å². The number of amides is 1. The van der Waals surface area contributed by atoms with E-state index in [4.69, 9.17) is 4.74 Å². The molecule has 6 heteroatoms. The van der Waals surface area contributed by atoms with Crippen LogP contribution < -0.4 is 10.2 Å². The number of carbonyl (C=O) groups excluding carboxylic acids is 2. The first-order chi connectivity index (χ1) is 13.1. The quantitative estimate of drug-likeness (QED) is 0.573. The molecule has 1 aromatic carbocycles. The molecular weight excluding hydrogens is 342 g/mol. The van der Waals surface area contributed by atoms with Crippen molar-refractivity contribution in [3.8, 4) is 5.75 Å². The summed E-state index contributed by atoms with van der Waals surface area (Å²) in [6.45, 7) is 3.03. The van der Waals surface area contributed by atoms with Crippen LogP contribution in [0.4, 0.5) is 0 Å². The van der Waals surface area contributed by atoms with Crippen molar-refractivity contribution < 1.29 is 14.3 Å². The number of nitrogens with zero attached hydrogens (tertiary/aromatic N) is 2. The predicted octanol–water partition coefficient (Wildman–Crippen LogP) is 3.25. The molecular formula is C21H25N3O3. The van der Waals surface area contributed by atoms with Crippen LogP contribution in [-0.4, -0.2) is 40.9 Å². The molecule has 27 heavy (non-hydrogen) atoms. The number of benzene rings is 1. The van der Waals surface area contributed by atoms with Crippen molar-refractivity contribution in [1.82, 2.24) is 15.4 Å². The Hall–Kier alpha value is -2.73. The SMILES string of the molecule is CC(=O)c1ccc(OCCC[C@H]2CCCN2NC(=O)c2cccnc2)cc1. The summed E-state index contributed by atoms with van der Waals surface area (Å²) in [4.78, 5) is 27.6. The van der Waals surface area contributed by atoms with Crippen molar-refractivity contribution >= 4 is 11.7 Å². The molecule has 1 fully saturated rings. The zero-order valence-corrected chi connectivity index (χ0v) is 15.6. The first kappa shape index (κ1) is 19.0. The minimum Gasteiger partial charge on any atom is -0.494 e. The van der Waals surface area contributed by atoms with E-state index in [1.54, 1.807) is 43.6 Å². The topological polar surface area (TPSA) is 71.5 Å². The van der Waals surface area contributed by atoms with E-state index in [1.807, 2.05) is 17.1 Å². The van der Waals surface area contributed by atoms with E-state index in [2.05, 4.69) is 10.4 Å². The second kappa shape index (κ2) is 9.28. The molecule has 2 heterocycles. The van der Waals surface area contributed by atoms with Crippen LogP contribution in [0.3, 0.4) is 0 Å². The van der Waals surface area contributed by atoms with E-state index < -0.39 is 0 Å². The van der Waals surface area contributed by atoms with Crippen molar-refractivity contribution in [3.63, 3.8) is 0 Å². The maximum atomic E-state index is 12.3. The number of pyridine rings is 1. The third kappa shape index (κ3) is 5.37. The summed E-state index contributed by atoms with van der Waals surface area (Å²) < 4.78 is 5.76. The Bertz CT molecular complexity index is 762. The standard InChI is InChI=1S/C21H25N3O3/c1-16(25)17-8-10-20(11-9-17)27-14-4-7-19-6-3-13-24(19)23-21(26)18-5-2-12-22-15-18/h2,5,8-12,15,19H,3-4,6-7,13-14H2,1H3,(H,23,26)/t19-/m1/s1. The summed E-state index contributed by atoms with van der Waals surface area (Å²) in [5.41, 5.74) is 4.26. The first-order valence-corrected chi connectivity index (χ1v) is 9.35. The van der Waals surface area contributed by atoms with Gasteiger partial charge in [-0.1, -0.05) is 0 Å². The number of aromatic nitrogens is 1. The molecule has 1 atom stereocenters. The molecule has 1 N–H and O–H groups in total. The lowest BCUT2D eigenvalue weighted by molar-refractivity contribution is 0.0750. The molecule has 0 unspecified atom stereocenters. The monoisotopic (exact) mass is 367 g/mol. The van der Waals surface area contributed by atoms with Crippen molar-refractivity contribution in [2.75, 3.05) is 13.2 Å². The Kier molecular flexibility index (Phi) is 6.54. The van der Waals surface area contributed by atoms with Crippen molar-refractivity contribution in [2.24, 2.45) is 0 Å². The van der Waals surface area contributed by atoms with Gasteiger partial charge in [0.25, 0.3) is 5.91 Å². The normalized spacial score (nSPS) is 16.9. The molecule has 2 aromatic rings. The molecule has 0 saturated carbocycles. The number of hydrogen-bond acceptors (Lipinski definition) is 5. The second-order valence-corrected chi connectivity index (χ2v) is 6.74. The van der Waals surface area contributed by atoms with E-state index in [0.29, 0.717) is 23.8 Å². The fourth-order valence-electron chi connectivity index (χ4n) is 3.27. The van der Waals surface area contributed by atoms with Gasteiger partial charge in [-0.25, -0.2) is 5.01 Å². The Morgan fingerprint density at radius 1 is 1.22 bits per heavy atom. The van der Waals surface area contributed by atoms with Gasteiger partial charge < -0.3 is 4.74 Å². The second-order valence-electron chi connectivity index (χ2n) is 6.74. The predicted molar refractivity (Wildman–Crippen MR) is 103 cm³/mol. The molecule has 0 bridgehead atoms. The van der Waals surface area contributed by atoms with Crippen LogP contribution in [0.2, 0.25) is 0 Å². The van der Waals surface area contributed by atoms with Crippen LogP contribution in [0.1, 0.15) is 53.3 Å². The number of Topliss-reactive ketones (excluding diaryl/α,β-unsaturated/α-hetero) is 1. The minimum absolute atomic E-state index is 0.0520. The molecule has 0 aliphatic carbocycles. The zero-order chi connectivity index (χ0) is 19.1. The highest BCUT2D eigenvalue weighted by Gasteiger charge is 2.25. The summed E-state index contributed by atoms with van der Waals surface area (Å²) in [5, 5.41) is 2.04. The Balaban J connectivity index is 1.42. The fraction of sp³-hybridized carbons (Fsp3) is 0.381. The van der Waals surface area contributed by atoms with Gasteiger partial charge in [0.15, 0.2) is 5.78 Å². The van der Waals surface area contributed by atoms with Gasteiger partial charge in [-0.2, -0.15) is 0 Å². The number of rotatable bonds is 8. The van der Waals surface area contributed by atoms with Crippen LogP contribution in [0.15, 0.2) is 48.8 Å². The number of ether oxygens (including phenoxy) is 1. The zero-order valence-electron chi connectivity index (χ0n) is 15.6.